The van der Waals surface area contributed by atoms with Gasteiger partial charge in [0.15, 0.2) is 0 Å². The molecule has 248 valence electrons. The average Bonchev–Trinajstić information content (AvgIpc) is 3.74. The third-order valence-corrected chi connectivity index (χ3v) is 7.13. The molecule has 15 heteroatoms. The first-order valence-electron chi connectivity index (χ1n) is 14.0. The summed E-state index contributed by atoms with van der Waals surface area (Å²) in [6, 6.07) is 15.9. The fourth-order valence-electron chi connectivity index (χ4n) is 4.71. The van der Waals surface area contributed by atoms with Gasteiger partial charge in [0.1, 0.15) is 5.69 Å². The zero-order valence-corrected chi connectivity index (χ0v) is 24.2. The van der Waals surface area contributed by atoms with Crippen LogP contribution in [0.15, 0.2) is 54.2 Å². The molecule has 0 radical (unpaired) electrons. The number of nitrogens with zero attached hydrogens (tertiary/aromatic N) is 1. The SMILES string of the molecule is CCC(=Cc1ccccc1)[C@@H]1C[C@H]1NC1CCC(NCc2ccc(C(=O)O)nc2)CC1.O=C(O)C(F)(F)F.O=C(O)C(F)(F)F. The lowest BCUT2D eigenvalue weighted by atomic mass is 9.91. The number of rotatable bonds is 9. The second-order valence-electron chi connectivity index (χ2n) is 10.5. The molecular formula is C30H35F6N3O6. The number of benzene rings is 1. The van der Waals surface area contributed by atoms with Gasteiger partial charge in [-0.15, -0.1) is 0 Å². The van der Waals surface area contributed by atoms with Crippen molar-refractivity contribution >= 4 is 24.0 Å². The van der Waals surface area contributed by atoms with Gasteiger partial charge in [-0.05, 0) is 61.6 Å². The van der Waals surface area contributed by atoms with Crippen molar-refractivity contribution < 1.29 is 56.0 Å². The van der Waals surface area contributed by atoms with Crippen LogP contribution in [0.25, 0.3) is 6.08 Å². The number of carboxylic acid groups (broad SMARTS) is 3. The smallest absolute Gasteiger partial charge is 0.477 e. The maximum Gasteiger partial charge on any atom is 0.490 e. The summed E-state index contributed by atoms with van der Waals surface area (Å²) >= 11 is 0. The highest BCUT2D eigenvalue weighted by atomic mass is 19.4. The van der Waals surface area contributed by atoms with Crippen LogP contribution >= 0.6 is 0 Å². The van der Waals surface area contributed by atoms with Gasteiger partial charge in [-0.3, -0.25) is 0 Å². The minimum Gasteiger partial charge on any atom is -0.477 e. The van der Waals surface area contributed by atoms with Gasteiger partial charge in [-0.2, -0.15) is 26.3 Å². The van der Waals surface area contributed by atoms with Crippen molar-refractivity contribution in [3.8, 4) is 0 Å². The molecule has 0 unspecified atom stereocenters. The average molecular weight is 648 g/mol. The first kappa shape index (κ1) is 37.2. The van der Waals surface area contributed by atoms with Gasteiger partial charge >= 0.3 is 30.3 Å². The van der Waals surface area contributed by atoms with Gasteiger partial charge in [0.25, 0.3) is 0 Å². The van der Waals surface area contributed by atoms with E-state index in [-0.39, 0.29) is 5.69 Å². The Morgan fingerprint density at radius 1 is 0.867 bits per heavy atom. The van der Waals surface area contributed by atoms with Crippen LogP contribution in [0.1, 0.15) is 67.1 Å². The number of halogens is 6. The Labute approximate surface area is 255 Å². The van der Waals surface area contributed by atoms with Gasteiger partial charge in [0.05, 0.1) is 0 Å². The van der Waals surface area contributed by atoms with Crippen LogP contribution in [0.2, 0.25) is 0 Å². The molecule has 1 aromatic carbocycles. The highest BCUT2D eigenvalue weighted by Gasteiger charge is 2.41. The molecule has 1 aromatic heterocycles. The molecule has 0 bridgehead atoms. The number of alkyl halides is 6. The van der Waals surface area contributed by atoms with Crippen molar-refractivity contribution in [2.24, 2.45) is 5.92 Å². The van der Waals surface area contributed by atoms with Crippen LogP contribution in [-0.2, 0) is 16.1 Å². The zero-order chi connectivity index (χ0) is 33.8. The maximum atomic E-state index is 10.9. The van der Waals surface area contributed by atoms with E-state index in [1.165, 1.54) is 37.7 Å². The number of pyridine rings is 1. The number of aromatic nitrogens is 1. The standard InChI is InChI=1S/C26H33N3O2.2C2HF3O2/c1-2-20(14-18-6-4-3-5-7-18)23-15-25(23)29-22-11-9-21(10-12-22)27-16-19-8-13-24(26(30)31)28-17-19;2*3-2(4,5)1(6)7/h3-8,13-14,17,21-23,25,27,29H,2,9-12,15-16H2,1H3,(H,30,31);2*(H,6,7)/t21?,22?,23-,25+;;/m0../s1. The van der Waals surface area contributed by atoms with Gasteiger partial charge < -0.3 is 26.0 Å². The van der Waals surface area contributed by atoms with Crippen LogP contribution in [0.3, 0.4) is 0 Å². The van der Waals surface area contributed by atoms with Crippen molar-refractivity contribution in [1.82, 2.24) is 15.6 Å². The monoisotopic (exact) mass is 647 g/mol. The zero-order valence-electron chi connectivity index (χ0n) is 24.2. The quantitative estimate of drug-likeness (QED) is 0.209. The molecule has 0 amide bonds. The van der Waals surface area contributed by atoms with Crippen LogP contribution in [0, 0.1) is 5.92 Å². The van der Waals surface area contributed by atoms with Gasteiger partial charge in [0, 0.05) is 30.9 Å². The first-order valence-corrected chi connectivity index (χ1v) is 14.0. The molecular weight excluding hydrogens is 612 g/mol. The lowest BCUT2D eigenvalue weighted by Gasteiger charge is -2.30. The number of aliphatic carboxylic acids is 2. The van der Waals surface area contributed by atoms with Crippen molar-refractivity contribution in [2.75, 3.05) is 0 Å². The Hall–Kier alpha value is -3.98. The van der Waals surface area contributed by atoms with E-state index in [2.05, 4.69) is 58.9 Å². The third-order valence-electron chi connectivity index (χ3n) is 7.13. The summed E-state index contributed by atoms with van der Waals surface area (Å²) in [5.41, 5.74) is 4.01. The highest BCUT2D eigenvalue weighted by molar-refractivity contribution is 5.85. The number of aromatic carboxylic acids is 1. The molecule has 2 aliphatic rings. The Bertz CT molecular complexity index is 1250. The lowest BCUT2D eigenvalue weighted by molar-refractivity contribution is -0.193. The normalized spacial score (nSPS) is 21.4. The van der Waals surface area contributed by atoms with E-state index in [0.717, 1.165) is 18.5 Å². The van der Waals surface area contributed by atoms with Crippen molar-refractivity contribution in [1.29, 1.82) is 0 Å². The van der Waals surface area contributed by atoms with E-state index in [1.54, 1.807) is 17.8 Å². The molecule has 2 atom stereocenters. The lowest BCUT2D eigenvalue weighted by Crippen LogP contribution is -2.40. The van der Waals surface area contributed by atoms with E-state index >= 15 is 0 Å². The summed E-state index contributed by atoms with van der Waals surface area (Å²) < 4.78 is 63.5. The largest absolute Gasteiger partial charge is 0.490 e. The van der Waals surface area contributed by atoms with Crippen molar-refractivity contribution in [2.45, 2.75) is 82.5 Å². The fourth-order valence-corrected chi connectivity index (χ4v) is 4.71. The van der Waals surface area contributed by atoms with Crippen LogP contribution in [-0.4, -0.2) is 68.7 Å². The molecule has 5 N–H and O–H groups in total. The minimum atomic E-state index is -5.08. The molecule has 0 spiro atoms. The molecule has 2 saturated carbocycles. The minimum absolute atomic E-state index is 0.0959. The second-order valence-corrected chi connectivity index (χ2v) is 10.5. The van der Waals surface area contributed by atoms with E-state index in [9.17, 15) is 31.1 Å². The van der Waals surface area contributed by atoms with E-state index in [0.29, 0.717) is 24.0 Å². The van der Waals surface area contributed by atoms with Crippen LogP contribution < -0.4 is 10.6 Å². The van der Waals surface area contributed by atoms with Crippen molar-refractivity contribution in [3.63, 3.8) is 0 Å². The van der Waals surface area contributed by atoms with E-state index in [1.807, 2.05) is 6.07 Å². The third kappa shape index (κ3) is 13.7. The van der Waals surface area contributed by atoms with Crippen molar-refractivity contribution in [3.05, 3.63) is 71.1 Å². The molecule has 0 aliphatic heterocycles. The van der Waals surface area contributed by atoms with Gasteiger partial charge in [-0.1, -0.05) is 55.0 Å². The van der Waals surface area contributed by atoms with Crippen LogP contribution in [0.5, 0.6) is 0 Å². The fraction of sp³-hybridized carbons (Fsp3) is 0.467. The summed E-state index contributed by atoms with van der Waals surface area (Å²) in [4.78, 5) is 32.7. The van der Waals surface area contributed by atoms with Crippen LogP contribution in [0.4, 0.5) is 26.3 Å². The molecule has 9 nitrogen and oxygen atoms in total. The number of hydrogen-bond donors (Lipinski definition) is 5. The Kier molecular flexibility index (Phi) is 14.0. The highest BCUT2D eigenvalue weighted by Crippen LogP contribution is 2.40. The molecule has 2 aliphatic carbocycles. The number of nitrogens with one attached hydrogen (secondary N) is 2. The topological polar surface area (TPSA) is 149 Å². The molecule has 45 heavy (non-hydrogen) atoms. The summed E-state index contributed by atoms with van der Waals surface area (Å²) in [5, 5.41) is 30.7. The predicted molar refractivity (Wildman–Crippen MR) is 151 cm³/mol. The van der Waals surface area contributed by atoms with E-state index < -0.39 is 30.3 Å². The number of carboxylic acids is 3. The Balaban J connectivity index is 0.000000421. The Morgan fingerprint density at radius 2 is 1.40 bits per heavy atom. The molecule has 4 rings (SSSR count). The molecule has 2 fully saturated rings. The number of hydrogen-bond acceptors (Lipinski definition) is 6. The van der Waals surface area contributed by atoms with Gasteiger partial charge in [0.2, 0.25) is 0 Å². The number of carbonyl (C=O) groups is 3. The van der Waals surface area contributed by atoms with Gasteiger partial charge in [-0.25, -0.2) is 19.4 Å². The molecule has 2 aromatic rings. The second kappa shape index (κ2) is 16.9. The molecule has 0 saturated heterocycles. The summed E-state index contributed by atoms with van der Waals surface area (Å²) in [5.74, 6) is -5.80. The summed E-state index contributed by atoms with van der Waals surface area (Å²) in [7, 11) is 0. The first-order chi connectivity index (χ1) is 21.0. The summed E-state index contributed by atoms with van der Waals surface area (Å²) in [6.07, 6.45) is 1.03. The summed E-state index contributed by atoms with van der Waals surface area (Å²) in [6.45, 7) is 3.01. The molecule has 1 heterocycles. The van der Waals surface area contributed by atoms with E-state index in [4.69, 9.17) is 24.9 Å². The Morgan fingerprint density at radius 3 is 1.84 bits per heavy atom. The predicted octanol–water partition coefficient (Wildman–Crippen LogP) is 5.92. The maximum absolute atomic E-state index is 10.9.